The Labute approximate surface area is 132 Å². The van der Waals surface area contributed by atoms with Crippen LogP contribution in [0.4, 0.5) is 15.8 Å². The Balaban J connectivity index is 1.80. The summed E-state index contributed by atoms with van der Waals surface area (Å²) in [6.07, 6.45) is 1.49. The number of rotatable bonds is 4. The molecule has 0 aliphatic heterocycles. The molecular weight excluding hydrogens is 325 g/mol. The summed E-state index contributed by atoms with van der Waals surface area (Å²) in [6, 6.07) is 6.52. The van der Waals surface area contributed by atoms with E-state index in [0.29, 0.717) is 10.8 Å². The van der Waals surface area contributed by atoms with E-state index in [1.807, 2.05) is 0 Å². The van der Waals surface area contributed by atoms with Gasteiger partial charge in [0, 0.05) is 17.1 Å². The van der Waals surface area contributed by atoms with E-state index in [9.17, 15) is 19.3 Å². The summed E-state index contributed by atoms with van der Waals surface area (Å²) in [7, 11) is 0. The molecule has 0 spiro atoms. The zero-order valence-corrected chi connectivity index (χ0v) is 12.2. The third-order valence-electron chi connectivity index (χ3n) is 2.87. The second-order valence-corrected chi connectivity index (χ2v) is 5.25. The number of nitro benzene ring substituents is 1. The summed E-state index contributed by atoms with van der Waals surface area (Å²) >= 11 is 1.22. The number of carbonyl (C=O) groups is 1. The summed E-state index contributed by atoms with van der Waals surface area (Å²) in [4.78, 5) is 26.1. The van der Waals surface area contributed by atoms with E-state index in [2.05, 4.69) is 10.3 Å². The average molecular weight is 333 g/mol. The Morgan fingerprint density at radius 1 is 1.39 bits per heavy atom. The lowest BCUT2D eigenvalue weighted by atomic mass is 10.2. The highest BCUT2D eigenvalue weighted by atomic mass is 32.1. The van der Waals surface area contributed by atoms with Crippen LogP contribution in [0.5, 0.6) is 0 Å². The molecule has 0 radical (unpaired) electrons. The first-order valence-electron chi connectivity index (χ1n) is 6.29. The molecule has 23 heavy (non-hydrogen) atoms. The number of thiazole rings is 1. The third kappa shape index (κ3) is 3.09. The first-order valence-corrected chi connectivity index (χ1v) is 7.17. The van der Waals surface area contributed by atoms with Gasteiger partial charge in [0.15, 0.2) is 10.8 Å². The number of nitrogens with zero attached hydrogens (tertiary/aromatic N) is 2. The standard InChI is InChI=1S/C14H8FN3O4S/c15-9-4-3-8(6-11(9)18(20)21)16-13(19)10-7-23-14(17-10)12-2-1-5-22-12/h1-7H,(H,16,19). The molecule has 1 amide bonds. The molecule has 0 fully saturated rings. The minimum absolute atomic E-state index is 0.107. The number of anilines is 1. The van der Waals surface area contributed by atoms with Crippen molar-refractivity contribution in [2.75, 3.05) is 5.32 Å². The zero-order chi connectivity index (χ0) is 16.4. The molecule has 3 aromatic rings. The maximum Gasteiger partial charge on any atom is 0.306 e. The second kappa shape index (κ2) is 5.97. The van der Waals surface area contributed by atoms with Crippen molar-refractivity contribution in [3.05, 3.63) is 63.6 Å². The number of amides is 1. The smallest absolute Gasteiger partial charge is 0.306 e. The largest absolute Gasteiger partial charge is 0.462 e. The minimum atomic E-state index is -0.971. The van der Waals surface area contributed by atoms with Gasteiger partial charge in [-0.05, 0) is 24.3 Å². The number of hydrogen-bond donors (Lipinski definition) is 1. The van der Waals surface area contributed by atoms with Crippen molar-refractivity contribution in [2.24, 2.45) is 0 Å². The van der Waals surface area contributed by atoms with Crippen LogP contribution in [0.1, 0.15) is 10.5 Å². The van der Waals surface area contributed by atoms with Gasteiger partial charge in [-0.1, -0.05) is 0 Å². The topological polar surface area (TPSA) is 98.3 Å². The summed E-state index contributed by atoms with van der Waals surface area (Å²) in [5, 5.41) is 15.2. The molecule has 0 bridgehead atoms. The van der Waals surface area contributed by atoms with Crippen LogP contribution in [0.25, 0.3) is 10.8 Å². The number of benzene rings is 1. The van der Waals surface area contributed by atoms with Crippen molar-refractivity contribution >= 4 is 28.6 Å². The number of carbonyl (C=O) groups excluding carboxylic acids is 1. The molecule has 3 rings (SSSR count). The van der Waals surface area contributed by atoms with Gasteiger partial charge in [-0.15, -0.1) is 11.3 Å². The molecule has 0 atom stereocenters. The average Bonchev–Trinajstić information content (AvgIpc) is 3.19. The molecule has 0 saturated carbocycles. The molecule has 9 heteroatoms. The lowest BCUT2D eigenvalue weighted by Gasteiger charge is -2.03. The van der Waals surface area contributed by atoms with Gasteiger partial charge in [-0.2, -0.15) is 4.39 Å². The number of furan rings is 1. The summed E-state index contributed by atoms with van der Waals surface area (Å²) in [5.74, 6) is -0.992. The Bertz CT molecular complexity index is 876. The lowest BCUT2D eigenvalue weighted by molar-refractivity contribution is -0.387. The van der Waals surface area contributed by atoms with Crippen LogP contribution >= 0.6 is 11.3 Å². The highest BCUT2D eigenvalue weighted by Gasteiger charge is 2.17. The highest BCUT2D eigenvalue weighted by Crippen LogP contribution is 2.25. The van der Waals surface area contributed by atoms with Crippen molar-refractivity contribution in [3.8, 4) is 10.8 Å². The fourth-order valence-electron chi connectivity index (χ4n) is 1.82. The molecule has 0 aliphatic rings. The molecule has 1 N–H and O–H groups in total. The Hall–Kier alpha value is -3.07. The van der Waals surface area contributed by atoms with Gasteiger partial charge in [0.05, 0.1) is 11.2 Å². The maximum atomic E-state index is 13.3. The summed E-state index contributed by atoms with van der Waals surface area (Å²) in [5.41, 5.74) is -0.471. The first kappa shape index (κ1) is 14.9. The van der Waals surface area contributed by atoms with Gasteiger partial charge in [0.1, 0.15) is 5.69 Å². The van der Waals surface area contributed by atoms with Crippen molar-refractivity contribution in [1.29, 1.82) is 0 Å². The summed E-state index contributed by atoms with van der Waals surface area (Å²) < 4.78 is 18.5. The van der Waals surface area contributed by atoms with Gasteiger partial charge in [-0.3, -0.25) is 14.9 Å². The van der Waals surface area contributed by atoms with Gasteiger partial charge in [0.25, 0.3) is 5.91 Å². The van der Waals surface area contributed by atoms with Crippen LogP contribution < -0.4 is 5.32 Å². The van der Waals surface area contributed by atoms with Crippen LogP contribution in [-0.4, -0.2) is 15.8 Å². The van der Waals surface area contributed by atoms with E-state index in [0.717, 1.165) is 12.1 Å². The van der Waals surface area contributed by atoms with Gasteiger partial charge >= 0.3 is 5.69 Å². The number of nitro groups is 1. The second-order valence-electron chi connectivity index (χ2n) is 4.39. The fraction of sp³-hybridized carbons (Fsp3) is 0. The van der Waals surface area contributed by atoms with Crippen molar-refractivity contribution in [2.45, 2.75) is 0 Å². The Morgan fingerprint density at radius 2 is 2.22 bits per heavy atom. The molecule has 116 valence electrons. The van der Waals surface area contributed by atoms with E-state index < -0.39 is 22.3 Å². The molecule has 2 heterocycles. The maximum absolute atomic E-state index is 13.3. The monoisotopic (exact) mass is 333 g/mol. The molecule has 7 nitrogen and oxygen atoms in total. The third-order valence-corrected chi connectivity index (χ3v) is 3.73. The fourth-order valence-corrected chi connectivity index (χ4v) is 2.58. The predicted molar refractivity (Wildman–Crippen MR) is 80.8 cm³/mol. The summed E-state index contributed by atoms with van der Waals surface area (Å²) in [6.45, 7) is 0. The van der Waals surface area contributed by atoms with Crippen molar-refractivity contribution < 1.29 is 18.5 Å². The number of halogens is 1. The highest BCUT2D eigenvalue weighted by molar-refractivity contribution is 7.13. The van der Waals surface area contributed by atoms with Gasteiger partial charge in [0.2, 0.25) is 5.82 Å². The number of aromatic nitrogens is 1. The van der Waals surface area contributed by atoms with Crippen LogP contribution in [0.15, 0.2) is 46.4 Å². The predicted octanol–water partition coefficient (Wildman–Crippen LogP) is 3.70. The lowest BCUT2D eigenvalue weighted by Crippen LogP contribution is -2.12. The SMILES string of the molecule is O=C(Nc1ccc(F)c([N+](=O)[O-])c1)c1csc(-c2ccco2)n1. The molecule has 2 aromatic heterocycles. The van der Waals surface area contributed by atoms with Crippen LogP contribution in [-0.2, 0) is 0 Å². The molecular formula is C14H8FN3O4S. The van der Waals surface area contributed by atoms with E-state index in [1.165, 1.54) is 29.0 Å². The molecule has 0 saturated heterocycles. The Kier molecular flexibility index (Phi) is 3.85. The van der Waals surface area contributed by atoms with Gasteiger partial charge in [-0.25, -0.2) is 4.98 Å². The van der Waals surface area contributed by atoms with Crippen LogP contribution in [0.3, 0.4) is 0 Å². The van der Waals surface area contributed by atoms with E-state index in [4.69, 9.17) is 4.42 Å². The first-order chi connectivity index (χ1) is 11.0. The Morgan fingerprint density at radius 3 is 2.91 bits per heavy atom. The van der Waals surface area contributed by atoms with E-state index in [1.54, 1.807) is 12.1 Å². The van der Waals surface area contributed by atoms with Crippen molar-refractivity contribution in [1.82, 2.24) is 4.98 Å². The van der Waals surface area contributed by atoms with Crippen LogP contribution in [0.2, 0.25) is 0 Å². The molecule has 0 aliphatic carbocycles. The minimum Gasteiger partial charge on any atom is -0.462 e. The van der Waals surface area contributed by atoms with E-state index in [-0.39, 0.29) is 11.4 Å². The normalized spacial score (nSPS) is 10.5. The van der Waals surface area contributed by atoms with Crippen LogP contribution in [0, 0.1) is 15.9 Å². The van der Waals surface area contributed by atoms with Crippen molar-refractivity contribution in [3.63, 3.8) is 0 Å². The zero-order valence-electron chi connectivity index (χ0n) is 11.4. The van der Waals surface area contributed by atoms with Gasteiger partial charge < -0.3 is 9.73 Å². The quantitative estimate of drug-likeness (QED) is 0.580. The van der Waals surface area contributed by atoms with E-state index >= 15 is 0 Å². The molecule has 1 aromatic carbocycles. The number of hydrogen-bond acceptors (Lipinski definition) is 6. The number of nitrogens with one attached hydrogen (secondary N) is 1. The molecule has 0 unspecified atom stereocenters.